The predicted octanol–water partition coefficient (Wildman–Crippen LogP) is 4.67. The number of rotatable bonds is 3. The minimum atomic E-state index is -0.394. The molecule has 1 unspecified atom stereocenters. The third kappa shape index (κ3) is 2.67. The van der Waals surface area contributed by atoms with Crippen molar-refractivity contribution < 1.29 is 9.21 Å². The third-order valence-electron chi connectivity index (χ3n) is 5.27. The number of aryl methyl sites for hydroxylation is 3. The molecular weight excluding hydrogens is 338 g/mol. The average molecular weight is 361 g/mol. The molecule has 1 atom stereocenters. The van der Waals surface area contributed by atoms with Crippen LogP contribution < -0.4 is 5.43 Å². The first-order valence-electron chi connectivity index (χ1n) is 9.38. The number of amides is 1. The third-order valence-corrected chi connectivity index (χ3v) is 5.27. The van der Waals surface area contributed by atoms with E-state index in [2.05, 4.69) is 0 Å². The van der Waals surface area contributed by atoms with Gasteiger partial charge in [0.05, 0.1) is 17.0 Å². The molecule has 1 amide bonds. The van der Waals surface area contributed by atoms with E-state index in [1.807, 2.05) is 64.1 Å². The van der Waals surface area contributed by atoms with Gasteiger partial charge in [-0.25, -0.2) is 0 Å². The van der Waals surface area contributed by atoms with Crippen LogP contribution in [0.3, 0.4) is 0 Å². The Hall–Kier alpha value is -2.88. The molecule has 0 spiro atoms. The first-order chi connectivity index (χ1) is 12.9. The SMILES string of the molecule is CCCN1C(=O)c2oc3cc(C)cc(C)c3c(=O)c2C1c1ccc(C)cc1. The first-order valence-corrected chi connectivity index (χ1v) is 9.38. The second kappa shape index (κ2) is 6.38. The lowest BCUT2D eigenvalue weighted by Crippen LogP contribution is -2.30. The molecule has 0 saturated carbocycles. The number of carbonyl (C=O) groups excluding carboxylic acids is 1. The summed E-state index contributed by atoms with van der Waals surface area (Å²) in [5, 5.41) is 0.572. The highest BCUT2D eigenvalue weighted by Crippen LogP contribution is 2.38. The summed E-state index contributed by atoms with van der Waals surface area (Å²) in [6.45, 7) is 8.51. The Kier molecular flexibility index (Phi) is 4.14. The summed E-state index contributed by atoms with van der Waals surface area (Å²) in [5.74, 6) is -0.00731. The number of hydrogen-bond donors (Lipinski definition) is 0. The highest BCUT2D eigenvalue weighted by molar-refractivity contribution is 5.99. The van der Waals surface area contributed by atoms with Crippen LogP contribution in [-0.2, 0) is 0 Å². The lowest BCUT2D eigenvalue weighted by Gasteiger charge is -2.24. The molecule has 4 rings (SSSR count). The molecule has 1 aliphatic heterocycles. The summed E-state index contributed by atoms with van der Waals surface area (Å²) >= 11 is 0. The van der Waals surface area contributed by atoms with Crippen LogP contribution in [0.25, 0.3) is 11.0 Å². The zero-order valence-corrected chi connectivity index (χ0v) is 16.1. The van der Waals surface area contributed by atoms with E-state index in [1.54, 1.807) is 4.90 Å². The second-order valence-electron chi connectivity index (χ2n) is 7.44. The molecule has 0 radical (unpaired) electrons. The molecule has 3 aromatic rings. The summed E-state index contributed by atoms with van der Waals surface area (Å²) in [5.41, 5.74) is 4.84. The van der Waals surface area contributed by atoms with E-state index >= 15 is 0 Å². The monoisotopic (exact) mass is 361 g/mol. The van der Waals surface area contributed by atoms with Gasteiger partial charge in [0.15, 0.2) is 5.43 Å². The van der Waals surface area contributed by atoms with Gasteiger partial charge in [-0.2, -0.15) is 0 Å². The van der Waals surface area contributed by atoms with Crippen LogP contribution in [0.2, 0.25) is 0 Å². The maximum absolute atomic E-state index is 13.5. The Labute approximate surface area is 158 Å². The van der Waals surface area contributed by atoms with Gasteiger partial charge in [-0.15, -0.1) is 0 Å². The average Bonchev–Trinajstić information content (AvgIpc) is 2.88. The number of hydrogen-bond acceptors (Lipinski definition) is 3. The van der Waals surface area contributed by atoms with Gasteiger partial charge in [0, 0.05) is 6.54 Å². The Morgan fingerprint density at radius 3 is 2.37 bits per heavy atom. The lowest BCUT2D eigenvalue weighted by atomic mass is 9.96. The lowest BCUT2D eigenvalue weighted by molar-refractivity contribution is 0.0728. The van der Waals surface area contributed by atoms with Crippen molar-refractivity contribution in [3.8, 4) is 0 Å². The van der Waals surface area contributed by atoms with Gasteiger partial charge in [0.25, 0.3) is 5.91 Å². The largest absolute Gasteiger partial charge is 0.450 e. The van der Waals surface area contributed by atoms with Crippen LogP contribution in [0, 0.1) is 20.8 Å². The Morgan fingerprint density at radius 2 is 1.70 bits per heavy atom. The van der Waals surface area contributed by atoms with E-state index < -0.39 is 6.04 Å². The summed E-state index contributed by atoms with van der Waals surface area (Å²) in [6, 6.07) is 11.4. The standard InChI is InChI=1S/C23H23NO3/c1-5-10-24-20(16-8-6-13(2)7-9-16)19-21(25)18-15(4)11-14(3)12-17(18)27-22(19)23(24)26/h6-9,11-12,20H,5,10H2,1-4H3. The minimum absolute atomic E-state index is 0.0960. The van der Waals surface area contributed by atoms with E-state index in [9.17, 15) is 9.59 Å². The maximum Gasteiger partial charge on any atom is 0.290 e. The number of carbonyl (C=O) groups is 1. The van der Waals surface area contributed by atoms with Gasteiger partial charge in [-0.1, -0.05) is 42.8 Å². The summed E-state index contributed by atoms with van der Waals surface area (Å²) in [7, 11) is 0. The maximum atomic E-state index is 13.5. The van der Waals surface area contributed by atoms with Crippen LogP contribution in [-0.4, -0.2) is 17.4 Å². The zero-order valence-electron chi connectivity index (χ0n) is 16.1. The summed E-state index contributed by atoms with van der Waals surface area (Å²) in [6.07, 6.45) is 0.813. The fourth-order valence-electron chi connectivity index (χ4n) is 4.08. The topological polar surface area (TPSA) is 50.5 Å². The molecule has 0 aliphatic carbocycles. The highest BCUT2D eigenvalue weighted by Gasteiger charge is 2.42. The number of benzene rings is 2. The van der Waals surface area contributed by atoms with Crippen molar-refractivity contribution in [2.75, 3.05) is 6.54 Å². The van der Waals surface area contributed by atoms with E-state index in [-0.39, 0.29) is 17.1 Å². The number of nitrogens with zero attached hydrogens (tertiary/aromatic N) is 1. The molecule has 4 heteroatoms. The van der Waals surface area contributed by atoms with Gasteiger partial charge >= 0.3 is 0 Å². The molecule has 0 saturated heterocycles. The second-order valence-corrected chi connectivity index (χ2v) is 7.44. The molecule has 1 aromatic heterocycles. The van der Waals surface area contributed by atoms with Gasteiger partial charge in [-0.05, 0) is 49.9 Å². The van der Waals surface area contributed by atoms with Crippen molar-refractivity contribution in [1.29, 1.82) is 0 Å². The normalized spacial score (nSPS) is 16.2. The summed E-state index contributed by atoms with van der Waals surface area (Å²) < 4.78 is 6.02. The predicted molar refractivity (Wildman–Crippen MR) is 106 cm³/mol. The van der Waals surface area contributed by atoms with Crippen molar-refractivity contribution in [3.63, 3.8) is 0 Å². The first kappa shape index (κ1) is 17.5. The molecule has 0 bridgehead atoms. The molecule has 0 fully saturated rings. The Balaban J connectivity index is 2.04. The van der Waals surface area contributed by atoms with Crippen LogP contribution >= 0.6 is 0 Å². The van der Waals surface area contributed by atoms with E-state index in [4.69, 9.17) is 4.42 Å². The van der Waals surface area contributed by atoms with E-state index in [0.29, 0.717) is 23.1 Å². The molecule has 0 N–H and O–H groups in total. The van der Waals surface area contributed by atoms with Gasteiger partial charge < -0.3 is 9.32 Å². The smallest absolute Gasteiger partial charge is 0.290 e. The Bertz CT molecular complexity index is 1110. The zero-order chi connectivity index (χ0) is 19.3. The van der Waals surface area contributed by atoms with Gasteiger partial charge in [0.2, 0.25) is 5.76 Å². The van der Waals surface area contributed by atoms with Crippen molar-refractivity contribution in [2.45, 2.75) is 40.2 Å². The molecule has 1 aliphatic rings. The quantitative estimate of drug-likeness (QED) is 0.681. The van der Waals surface area contributed by atoms with Crippen LogP contribution in [0.5, 0.6) is 0 Å². The molecule has 2 aromatic carbocycles. The van der Waals surface area contributed by atoms with Crippen molar-refractivity contribution in [2.24, 2.45) is 0 Å². The fourth-order valence-corrected chi connectivity index (χ4v) is 4.08. The van der Waals surface area contributed by atoms with Crippen molar-refractivity contribution in [1.82, 2.24) is 4.90 Å². The fraction of sp³-hybridized carbons (Fsp3) is 0.304. The molecule has 138 valence electrons. The number of fused-ring (bicyclic) bond motifs is 2. The molecule has 27 heavy (non-hydrogen) atoms. The highest BCUT2D eigenvalue weighted by atomic mass is 16.3. The van der Waals surface area contributed by atoms with Crippen LogP contribution in [0.15, 0.2) is 45.6 Å². The van der Waals surface area contributed by atoms with Gasteiger partial charge in [-0.3, -0.25) is 9.59 Å². The summed E-state index contributed by atoms with van der Waals surface area (Å²) in [4.78, 5) is 28.3. The van der Waals surface area contributed by atoms with Crippen molar-refractivity contribution in [3.05, 3.63) is 80.2 Å². The van der Waals surface area contributed by atoms with Crippen molar-refractivity contribution >= 4 is 16.9 Å². The molecule has 4 nitrogen and oxygen atoms in total. The Morgan fingerprint density at radius 1 is 1.00 bits per heavy atom. The van der Waals surface area contributed by atoms with Gasteiger partial charge in [0.1, 0.15) is 5.58 Å². The minimum Gasteiger partial charge on any atom is -0.450 e. The van der Waals surface area contributed by atoms with E-state index in [0.717, 1.165) is 28.7 Å². The molecular formula is C23H23NO3. The molecule has 2 heterocycles. The van der Waals surface area contributed by atoms with Crippen LogP contribution in [0.1, 0.15) is 57.8 Å². The van der Waals surface area contributed by atoms with Crippen LogP contribution in [0.4, 0.5) is 0 Å². The van der Waals surface area contributed by atoms with E-state index in [1.165, 1.54) is 0 Å².